The third-order valence-corrected chi connectivity index (χ3v) is 4.25. The third-order valence-electron chi connectivity index (χ3n) is 3.35. The highest BCUT2D eigenvalue weighted by Gasteiger charge is 2.09. The van der Waals surface area contributed by atoms with Crippen molar-refractivity contribution < 1.29 is 14.3 Å². The van der Waals surface area contributed by atoms with E-state index in [1.165, 1.54) is 0 Å². The molecule has 5 nitrogen and oxygen atoms in total. The van der Waals surface area contributed by atoms with Crippen LogP contribution in [0.1, 0.15) is 13.3 Å². The number of hydrogen-bond donors (Lipinski definition) is 2. The second-order valence-corrected chi connectivity index (χ2v) is 6.59. The van der Waals surface area contributed by atoms with Crippen LogP contribution in [0, 0.1) is 0 Å². The molecule has 0 unspecified atom stereocenters. The molecule has 0 aliphatic heterocycles. The number of amides is 2. The van der Waals surface area contributed by atoms with Gasteiger partial charge in [-0.05, 0) is 17.4 Å². The van der Waals surface area contributed by atoms with Crippen molar-refractivity contribution in [1.82, 2.24) is 10.9 Å². The van der Waals surface area contributed by atoms with Gasteiger partial charge in [0.25, 0.3) is 5.91 Å². The van der Waals surface area contributed by atoms with E-state index >= 15 is 0 Å². The maximum Gasteiger partial charge on any atom is 0.276 e. The SMILES string of the molecule is CCSCCC(=O)NNC(=O)COc1ccccc1-c1ccccc1. The second-order valence-electron chi connectivity index (χ2n) is 5.19. The van der Waals surface area contributed by atoms with Crippen LogP contribution in [-0.4, -0.2) is 29.9 Å². The summed E-state index contributed by atoms with van der Waals surface area (Å²) < 4.78 is 5.62. The summed E-state index contributed by atoms with van der Waals surface area (Å²) >= 11 is 1.68. The lowest BCUT2D eigenvalue weighted by atomic mass is 10.1. The first-order valence-corrected chi connectivity index (χ1v) is 9.29. The third kappa shape index (κ3) is 6.51. The Hall–Kier alpha value is -2.47. The topological polar surface area (TPSA) is 67.4 Å². The number of ether oxygens (including phenoxy) is 1. The molecule has 6 heteroatoms. The number of carbonyl (C=O) groups is 2. The van der Waals surface area contributed by atoms with Crippen LogP contribution in [-0.2, 0) is 9.59 Å². The number of para-hydroxylation sites is 1. The first kappa shape index (κ1) is 18.9. The van der Waals surface area contributed by atoms with E-state index in [-0.39, 0.29) is 12.5 Å². The minimum atomic E-state index is -0.403. The number of thioether (sulfide) groups is 1. The summed E-state index contributed by atoms with van der Waals surface area (Å²) in [5.41, 5.74) is 6.69. The predicted molar refractivity (Wildman–Crippen MR) is 101 cm³/mol. The molecule has 132 valence electrons. The number of benzene rings is 2. The Balaban J connectivity index is 1.83. The van der Waals surface area contributed by atoms with Gasteiger partial charge < -0.3 is 4.74 Å². The van der Waals surface area contributed by atoms with E-state index in [1.54, 1.807) is 11.8 Å². The maximum atomic E-state index is 11.8. The van der Waals surface area contributed by atoms with Gasteiger partial charge in [-0.15, -0.1) is 0 Å². The lowest BCUT2D eigenvalue weighted by molar-refractivity contribution is -0.129. The summed E-state index contributed by atoms with van der Waals surface area (Å²) in [6.45, 7) is 1.86. The van der Waals surface area contributed by atoms with Gasteiger partial charge in [0.15, 0.2) is 6.61 Å². The Kier molecular flexibility index (Phi) is 7.85. The summed E-state index contributed by atoms with van der Waals surface area (Å²) in [7, 11) is 0. The highest BCUT2D eigenvalue weighted by molar-refractivity contribution is 7.99. The Morgan fingerprint density at radius 3 is 2.40 bits per heavy atom. The molecule has 25 heavy (non-hydrogen) atoms. The maximum absolute atomic E-state index is 11.8. The first-order valence-electron chi connectivity index (χ1n) is 8.13. The zero-order chi connectivity index (χ0) is 17.9. The average Bonchev–Trinajstić information content (AvgIpc) is 2.66. The van der Waals surface area contributed by atoms with Crippen molar-refractivity contribution in [2.75, 3.05) is 18.1 Å². The fourth-order valence-electron chi connectivity index (χ4n) is 2.14. The molecule has 0 aliphatic rings. The van der Waals surface area contributed by atoms with Gasteiger partial charge in [0.05, 0.1) is 0 Å². The Morgan fingerprint density at radius 2 is 1.64 bits per heavy atom. The Morgan fingerprint density at radius 1 is 0.960 bits per heavy atom. The van der Waals surface area contributed by atoms with Gasteiger partial charge >= 0.3 is 0 Å². The van der Waals surface area contributed by atoms with Gasteiger partial charge in [0, 0.05) is 17.7 Å². The monoisotopic (exact) mass is 358 g/mol. The van der Waals surface area contributed by atoms with Crippen molar-refractivity contribution in [1.29, 1.82) is 0 Å². The predicted octanol–water partition coefficient (Wildman–Crippen LogP) is 3.02. The van der Waals surface area contributed by atoms with E-state index in [1.807, 2.05) is 61.5 Å². The number of carbonyl (C=O) groups excluding carboxylic acids is 2. The number of rotatable bonds is 8. The molecule has 0 saturated heterocycles. The van der Waals surface area contributed by atoms with Crippen molar-refractivity contribution in [3.05, 3.63) is 54.6 Å². The summed E-state index contributed by atoms with van der Waals surface area (Å²) in [5, 5.41) is 0. The molecular formula is C19H22N2O3S. The molecule has 2 aromatic rings. The van der Waals surface area contributed by atoms with Crippen molar-refractivity contribution in [3.8, 4) is 16.9 Å². The summed E-state index contributed by atoms with van der Waals surface area (Å²) in [6.07, 6.45) is 0.372. The molecule has 2 rings (SSSR count). The summed E-state index contributed by atoms with van der Waals surface area (Å²) in [5.74, 6) is 1.71. The van der Waals surface area contributed by atoms with E-state index in [2.05, 4.69) is 10.9 Å². The molecule has 0 atom stereocenters. The van der Waals surface area contributed by atoms with E-state index in [4.69, 9.17) is 4.74 Å². The number of hydrazine groups is 1. The molecular weight excluding hydrogens is 336 g/mol. The van der Waals surface area contributed by atoms with Crippen molar-refractivity contribution >= 4 is 23.6 Å². The molecule has 0 aliphatic carbocycles. The molecule has 0 fully saturated rings. The van der Waals surface area contributed by atoms with Gasteiger partial charge in [-0.3, -0.25) is 20.4 Å². The van der Waals surface area contributed by atoms with Gasteiger partial charge in [-0.1, -0.05) is 55.5 Å². The zero-order valence-corrected chi connectivity index (χ0v) is 15.0. The van der Waals surface area contributed by atoms with Gasteiger partial charge in [-0.2, -0.15) is 11.8 Å². The first-order chi connectivity index (χ1) is 12.2. The molecule has 0 aromatic heterocycles. The van der Waals surface area contributed by atoms with E-state index < -0.39 is 5.91 Å². The fourth-order valence-corrected chi connectivity index (χ4v) is 2.76. The highest BCUT2D eigenvalue weighted by atomic mass is 32.2. The van der Waals surface area contributed by atoms with E-state index in [0.717, 1.165) is 22.6 Å². The van der Waals surface area contributed by atoms with Crippen LogP contribution in [0.15, 0.2) is 54.6 Å². The normalized spacial score (nSPS) is 10.1. The van der Waals surface area contributed by atoms with Crippen LogP contribution >= 0.6 is 11.8 Å². The summed E-state index contributed by atoms with van der Waals surface area (Å²) in [4.78, 5) is 23.4. The van der Waals surface area contributed by atoms with Gasteiger partial charge in [0.1, 0.15) is 5.75 Å². The summed E-state index contributed by atoms with van der Waals surface area (Å²) in [6, 6.07) is 17.3. The zero-order valence-electron chi connectivity index (χ0n) is 14.2. The standard InChI is InChI=1S/C19H22N2O3S/c1-2-25-13-12-18(22)20-21-19(23)14-24-17-11-7-6-10-16(17)15-8-4-3-5-9-15/h3-11H,2,12-14H2,1H3,(H,20,22)(H,21,23). The molecule has 2 amide bonds. The lowest BCUT2D eigenvalue weighted by Gasteiger charge is -2.12. The molecule has 0 heterocycles. The number of hydrogen-bond acceptors (Lipinski definition) is 4. The smallest absolute Gasteiger partial charge is 0.276 e. The molecule has 2 aromatic carbocycles. The van der Waals surface area contributed by atoms with Crippen molar-refractivity contribution in [2.24, 2.45) is 0 Å². The van der Waals surface area contributed by atoms with Crippen molar-refractivity contribution in [3.63, 3.8) is 0 Å². The van der Waals surface area contributed by atoms with Crippen LogP contribution < -0.4 is 15.6 Å². The Bertz CT molecular complexity index is 692. The second kappa shape index (κ2) is 10.4. The van der Waals surface area contributed by atoms with Crippen LogP contribution in [0.25, 0.3) is 11.1 Å². The van der Waals surface area contributed by atoms with Crippen LogP contribution in [0.3, 0.4) is 0 Å². The molecule has 0 bridgehead atoms. The Labute approximate surface area is 152 Å². The largest absolute Gasteiger partial charge is 0.483 e. The highest BCUT2D eigenvalue weighted by Crippen LogP contribution is 2.29. The quantitative estimate of drug-likeness (QED) is 0.562. The molecule has 0 saturated carbocycles. The average molecular weight is 358 g/mol. The van der Waals surface area contributed by atoms with Crippen LogP contribution in [0.2, 0.25) is 0 Å². The minimum Gasteiger partial charge on any atom is -0.483 e. The van der Waals surface area contributed by atoms with Gasteiger partial charge in [0.2, 0.25) is 5.91 Å². The molecule has 0 spiro atoms. The minimum absolute atomic E-state index is 0.173. The van der Waals surface area contributed by atoms with E-state index in [9.17, 15) is 9.59 Å². The lowest BCUT2D eigenvalue weighted by Crippen LogP contribution is -2.43. The van der Waals surface area contributed by atoms with Crippen LogP contribution in [0.4, 0.5) is 0 Å². The number of nitrogens with one attached hydrogen (secondary N) is 2. The fraction of sp³-hybridized carbons (Fsp3) is 0.263. The molecule has 2 N–H and O–H groups in total. The van der Waals surface area contributed by atoms with Crippen molar-refractivity contribution in [2.45, 2.75) is 13.3 Å². The van der Waals surface area contributed by atoms with Crippen LogP contribution in [0.5, 0.6) is 5.75 Å². The van der Waals surface area contributed by atoms with E-state index in [0.29, 0.717) is 12.2 Å². The molecule has 0 radical (unpaired) electrons. The van der Waals surface area contributed by atoms with Gasteiger partial charge in [-0.25, -0.2) is 0 Å².